The lowest BCUT2D eigenvalue weighted by Crippen LogP contribution is -2.36. The Morgan fingerprint density at radius 3 is 2.81 bits per heavy atom. The van der Waals surface area contributed by atoms with E-state index in [-0.39, 0.29) is 23.0 Å². The van der Waals surface area contributed by atoms with E-state index in [1.165, 1.54) is 0 Å². The molecule has 0 aliphatic heterocycles. The Hall–Kier alpha value is -1.43. The zero-order chi connectivity index (χ0) is 15.6. The maximum atomic E-state index is 11.1. The van der Waals surface area contributed by atoms with Crippen LogP contribution >= 0.6 is 11.6 Å². The van der Waals surface area contributed by atoms with Crippen molar-refractivity contribution < 1.29 is 9.66 Å². The lowest BCUT2D eigenvalue weighted by Gasteiger charge is -2.36. The third-order valence-corrected chi connectivity index (χ3v) is 4.31. The van der Waals surface area contributed by atoms with Gasteiger partial charge in [0.25, 0.3) is 5.88 Å². The zero-order valence-electron chi connectivity index (χ0n) is 12.5. The predicted molar refractivity (Wildman–Crippen MR) is 79.5 cm³/mol. The van der Waals surface area contributed by atoms with Gasteiger partial charge in [-0.05, 0) is 42.2 Å². The van der Waals surface area contributed by atoms with Crippen molar-refractivity contribution in [3.63, 3.8) is 0 Å². The van der Waals surface area contributed by atoms with Gasteiger partial charge in [-0.15, -0.1) is 0 Å². The van der Waals surface area contributed by atoms with Crippen molar-refractivity contribution in [2.45, 2.75) is 46.1 Å². The van der Waals surface area contributed by atoms with Gasteiger partial charge in [-0.2, -0.15) is 4.98 Å². The molecule has 1 aliphatic carbocycles. The summed E-state index contributed by atoms with van der Waals surface area (Å²) >= 11 is 5.74. The minimum atomic E-state index is -0.539. The standard InChI is InChI=1S/C14H20ClN3O3/c1-8(2)10-5-4-9(3)6-12(10)21-13-11(18(19)20)7-16-14(15)17-13/h7-10,12H,4-6H2,1-3H3. The number of nitro groups is 1. The van der Waals surface area contributed by atoms with Crippen LogP contribution in [-0.2, 0) is 0 Å². The van der Waals surface area contributed by atoms with Gasteiger partial charge in [0.15, 0.2) is 0 Å². The Labute approximate surface area is 129 Å². The molecule has 0 aromatic carbocycles. The maximum absolute atomic E-state index is 11.1. The molecule has 21 heavy (non-hydrogen) atoms. The highest BCUT2D eigenvalue weighted by atomic mass is 35.5. The van der Waals surface area contributed by atoms with Crippen molar-refractivity contribution in [1.29, 1.82) is 0 Å². The predicted octanol–water partition coefficient (Wildman–Crippen LogP) is 3.88. The number of rotatable bonds is 4. The van der Waals surface area contributed by atoms with Crippen LogP contribution in [0.25, 0.3) is 0 Å². The van der Waals surface area contributed by atoms with Crippen molar-refractivity contribution in [2.24, 2.45) is 17.8 Å². The second-order valence-electron chi connectivity index (χ2n) is 6.07. The number of hydrogen-bond donors (Lipinski definition) is 0. The first-order valence-corrected chi connectivity index (χ1v) is 7.59. The molecule has 0 amide bonds. The molecule has 0 spiro atoms. The Morgan fingerprint density at radius 2 is 2.19 bits per heavy atom. The fraction of sp³-hybridized carbons (Fsp3) is 0.714. The molecule has 0 N–H and O–H groups in total. The van der Waals surface area contributed by atoms with E-state index < -0.39 is 4.92 Å². The number of nitrogens with zero attached hydrogens (tertiary/aromatic N) is 3. The van der Waals surface area contributed by atoms with Crippen LogP contribution in [0, 0.1) is 27.9 Å². The second-order valence-corrected chi connectivity index (χ2v) is 6.41. The van der Waals surface area contributed by atoms with E-state index in [9.17, 15) is 10.1 Å². The first-order chi connectivity index (χ1) is 9.88. The number of ether oxygens (including phenoxy) is 1. The van der Waals surface area contributed by atoms with Crippen LogP contribution in [0.1, 0.15) is 40.0 Å². The molecular weight excluding hydrogens is 294 g/mol. The van der Waals surface area contributed by atoms with Gasteiger partial charge in [0.05, 0.1) is 4.92 Å². The van der Waals surface area contributed by atoms with E-state index in [1.807, 2.05) is 0 Å². The van der Waals surface area contributed by atoms with E-state index >= 15 is 0 Å². The van der Waals surface area contributed by atoms with Gasteiger partial charge in [-0.3, -0.25) is 10.1 Å². The van der Waals surface area contributed by atoms with Crippen molar-refractivity contribution in [1.82, 2.24) is 9.97 Å². The summed E-state index contributed by atoms with van der Waals surface area (Å²) in [7, 11) is 0. The fourth-order valence-corrected chi connectivity index (χ4v) is 3.07. The van der Waals surface area contributed by atoms with Crippen LogP contribution in [0.15, 0.2) is 6.20 Å². The molecule has 0 saturated heterocycles. The summed E-state index contributed by atoms with van der Waals surface area (Å²) < 4.78 is 5.90. The minimum absolute atomic E-state index is 0.0234. The highest BCUT2D eigenvalue weighted by Crippen LogP contribution is 2.37. The molecule has 6 nitrogen and oxygen atoms in total. The van der Waals surface area contributed by atoms with E-state index in [0.717, 1.165) is 25.5 Å². The SMILES string of the molecule is CC1CCC(C(C)C)C(Oc2nc(Cl)ncc2[N+](=O)[O-])C1. The minimum Gasteiger partial charge on any atom is -0.469 e. The molecule has 1 heterocycles. The number of hydrogen-bond acceptors (Lipinski definition) is 5. The molecule has 2 rings (SSSR count). The first-order valence-electron chi connectivity index (χ1n) is 7.22. The average molecular weight is 314 g/mol. The summed E-state index contributed by atoms with van der Waals surface area (Å²) in [5, 5.41) is 11.0. The summed E-state index contributed by atoms with van der Waals surface area (Å²) in [4.78, 5) is 18.1. The summed E-state index contributed by atoms with van der Waals surface area (Å²) in [5.41, 5.74) is -0.236. The summed E-state index contributed by atoms with van der Waals surface area (Å²) in [6, 6.07) is 0. The molecule has 7 heteroatoms. The highest BCUT2D eigenvalue weighted by molar-refractivity contribution is 6.28. The molecule has 3 atom stereocenters. The molecular formula is C14H20ClN3O3. The first kappa shape index (κ1) is 15.9. The molecule has 116 valence electrons. The molecule has 0 radical (unpaired) electrons. The monoisotopic (exact) mass is 313 g/mol. The average Bonchev–Trinajstić information content (AvgIpc) is 2.38. The van der Waals surface area contributed by atoms with Gasteiger partial charge in [0.1, 0.15) is 12.3 Å². The quantitative estimate of drug-likeness (QED) is 0.479. The second kappa shape index (κ2) is 6.56. The normalized spacial score (nSPS) is 25.9. The molecule has 1 saturated carbocycles. The molecule has 1 aromatic rings. The van der Waals surface area contributed by atoms with Crippen LogP contribution < -0.4 is 4.74 Å². The van der Waals surface area contributed by atoms with Crippen molar-refractivity contribution >= 4 is 17.3 Å². The van der Waals surface area contributed by atoms with E-state index in [0.29, 0.717) is 17.8 Å². The van der Waals surface area contributed by atoms with Gasteiger partial charge >= 0.3 is 5.69 Å². The molecule has 1 fully saturated rings. The van der Waals surface area contributed by atoms with Gasteiger partial charge in [0.2, 0.25) is 5.28 Å². The molecule has 0 bridgehead atoms. The summed E-state index contributed by atoms with van der Waals surface area (Å²) in [6.45, 7) is 6.48. The van der Waals surface area contributed by atoms with Crippen LogP contribution in [0.4, 0.5) is 5.69 Å². The topological polar surface area (TPSA) is 78.2 Å². The fourth-order valence-electron chi connectivity index (χ4n) is 2.95. The van der Waals surface area contributed by atoms with Gasteiger partial charge in [-0.1, -0.05) is 27.2 Å². The molecule has 3 unspecified atom stereocenters. The Morgan fingerprint density at radius 1 is 1.48 bits per heavy atom. The van der Waals surface area contributed by atoms with Crippen molar-refractivity contribution in [3.8, 4) is 5.88 Å². The van der Waals surface area contributed by atoms with E-state index in [4.69, 9.17) is 16.3 Å². The number of halogens is 1. The highest BCUT2D eigenvalue weighted by Gasteiger charge is 2.34. The van der Waals surface area contributed by atoms with Crippen molar-refractivity contribution in [3.05, 3.63) is 21.6 Å². The number of aromatic nitrogens is 2. The van der Waals surface area contributed by atoms with Gasteiger partial charge in [-0.25, -0.2) is 4.98 Å². The van der Waals surface area contributed by atoms with Gasteiger partial charge in [0, 0.05) is 0 Å². The van der Waals surface area contributed by atoms with Crippen molar-refractivity contribution in [2.75, 3.05) is 0 Å². The third-order valence-electron chi connectivity index (χ3n) is 4.13. The van der Waals surface area contributed by atoms with E-state index in [2.05, 4.69) is 30.7 Å². The third kappa shape index (κ3) is 3.81. The smallest absolute Gasteiger partial charge is 0.349 e. The Balaban J connectivity index is 2.26. The largest absolute Gasteiger partial charge is 0.469 e. The van der Waals surface area contributed by atoms with E-state index in [1.54, 1.807) is 0 Å². The Kier molecular flexibility index (Phi) is 4.98. The van der Waals surface area contributed by atoms with Crippen LogP contribution in [0.5, 0.6) is 5.88 Å². The van der Waals surface area contributed by atoms with Crippen LogP contribution in [-0.4, -0.2) is 21.0 Å². The zero-order valence-corrected chi connectivity index (χ0v) is 13.2. The van der Waals surface area contributed by atoms with Crippen LogP contribution in [0.3, 0.4) is 0 Å². The molecule has 1 aliphatic rings. The lowest BCUT2D eigenvalue weighted by atomic mass is 9.75. The van der Waals surface area contributed by atoms with Crippen LogP contribution in [0.2, 0.25) is 5.28 Å². The summed E-state index contributed by atoms with van der Waals surface area (Å²) in [5.74, 6) is 1.35. The maximum Gasteiger partial charge on any atom is 0.349 e. The van der Waals surface area contributed by atoms with Gasteiger partial charge < -0.3 is 4.74 Å². The summed E-state index contributed by atoms with van der Waals surface area (Å²) in [6.07, 6.45) is 4.13. The molecule has 1 aromatic heterocycles. The lowest BCUT2D eigenvalue weighted by molar-refractivity contribution is -0.386. The Bertz CT molecular complexity index is 524.